The van der Waals surface area contributed by atoms with Gasteiger partial charge in [0.15, 0.2) is 0 Å². The highest BCUT2D eigenvalue weighted by atomic mass is 19.4. The Hall–Kier alpha value is -3.16. The molecule has 8 heteroatoms. The minimum atomic E-state index is -4.88. The van der Waals surface area contributed by atoms with E-state index in [1.165, 1.54) is 31.3 Å². The predicted molar refractivity (Wildman–Crippen MR) is 87.2 cm³/mol. The number of benzene rings is 2. The lowest BCUT2D eigenvalue weighted by Crippen LogP contribution is -2.26. The summed E-state index contributed by atoms with van der Waals surface area (Å²) in [7, 11) is 1.26. The summed E-state index contributed by atoms with van der Waals surface area (Å²) in [6.07, 6.45) is -2.72. The quantitative estimate of drug-likeness (QED) is 0.650. The van der Waals surface area contributed by atoms with Crippen LogP contribution in [0.15, 0.2) is 48.5 Å². The van der Waals surface area contributed by atoms with Crippen molar-refractivity contribution in [1.82, 2.24) is 0 Å². The first kappa shape index (κ1) is 19.2. The number of halogens is 4. The van der Waals surface area contributed by atoms with Gasteiger partial charge in [-0.2, -0.15) is 13.2 Å². The zero-order valence-electron chi connectivity index (χ0n) is 13.4. The smallest absolute Gasteiger partial charge is 0.419 e. The molecule has 0 spiro atoms. The topological polar surface area (TPSA) is 57.6 Å². The predicted octanol–water partition coefficient (Wildman–Crippen LogP) is 4.22. The second kappa shape index (κ2) is 7.38. The van der Waals surface area contributed by atoms with Crippen LogP contribution in [-0.2, 0) is 11.0 Å². The van der Waals surface area contributed by atoms with Crippen molar-refractivity contribution in [2.45, 2.75) is 6.18 Å². The van der Waals surface area contributed by atoms with E-state index in [4.69, 9.17) is 5.11 Å². The van der Waals surface area contributed by atoms with Crippen molar-refractivity contribution >= 4 is 23.6 Å². The van der Waals surface area contributed by atoms with Crippen molar-refractivity contribution in [1.29, 1.82) is 0 Å². The second-order valence-corrected chi connectivity index (χ2v) is 5.32. The van der Waals surface area contributed by atoms with Gasteiger partial charge in [0.1, 0.15) is 5.82 Å². The van der Waals surface area contributed by atoms with Gasteiger partial charge in [0.25, 0.3) is 5.91 Å². The maximum atomic E-state index is 13.4. The Balaban J connectivity index is 2.33. The molecule has 0 aliphatic carbocycles. The molecule has 0 radical (unpaired) electrons. The van der Waals surface area contributed by atoms with Crippen molar-refractivity contribution in [3.63, 3.8) is 0 Å². The molecule has 0 bridgehead atoms. The van der Waals surface area contributed by atoms with E-state index in [0.29, 0.717) is 17.7 Å². The molecule has 0 aliphatic rings. The Labute approximate surface area is 146 Å². The van der Waals surface area contributed by atoms with E-state index in [2.05, 4.69) is 0 Å². The standard InChI is InChI=1S/C18H13F4NO3/c1-23(13-6-7-15(19)14(10-13)18(20,21)22)17(26)12-4-2-3-11(9-12)5-8-16(24)25/h2-10H,1H3,(H,24,25)/b8-5+. The number of rotatable bonds is 4. The summed E-state index contributed by atoms with van der Waals surface area (Å²) in [5.41, 5.74) is -1.03. The number of aliphatic carboxylic acids is 1. The maximum absolute atomic E-state index is 13.4. The van der Waals surface area contributed by atoms with Gasteiger partial charge in [-0.25, -0.2) is 9.18 Å². The Bertz CT molecular complexity index is 875. The van der Waals surface area contributed by atoms with Crippen molar-refractivity contribution in [3.8, 4) is 0 Å². The number of hydrogen-bond acceptors (Lipinski definition) is 2. The van der Waals surface area contributed by atoms with Gasteiger partial charge in [-0.15, -0.1) is 0 Å². The third kappa shape index (κ3) is 4.47. The van der Waals surface area contributed by atoms with Gasteiger partial charge in [0, 0.05) is 24.4 Å². The van der Waals surface area contributed by atoms with Crippen LogP contribution in [0.3, 0.4) is 0 Å². The average molecular weight is 367 g/mol. The monoisotopic (exact) mass is 367 g/mol. The highest BCUT2D eigenvalue weighted by Gasteiger charge is 2.34. The molecule has 26 heavy (non-hydrogen) atoms. The van der Waals surface area contributed by atoms with Gasteiger partial charge < -0.3 is 10.0 Å². The molecule has 0 heterocycles. The summed E-state index contributed by atoms with van der Waals surface area (Å²) < 4.78 is 51.8. The molecule has 0 saturated carbocycles. The van der Waals surface area contributed by atoms with Crippen LogP contribution >= 0.6 is 0 Å². The van der Waals surface area contributed by atoms with Crippen molar-refractivity contribution in [3.05, 3.63) is 71.0 Å². The van der Waals surface area contributed by atoms with E-state index < -0.39 is 29.4 Å². The van der Waals surface area contributed by atoms with Crippen molar-refractivity contribution < 1.29 is 32.3 Å². The first-order valence-corrected chi connectivity index (χ1v) is 7.25. The lowest BCUT2D eigenvalue weighted by atomic mass is 10.1. The summed E-state index contributed by atoms with van der Waals surface area (Å²) in [6, 6.07) is 8.17. The van der Waals surface area contributed by atoms with E-state index in [1.54, 1.807) is 6.07 Å². The number of carboxylic acid groups (broad SMARTS) is 1. The highest BCUT2D eigenvalue weighted by molar-refractivity contribution is 6.06. The molecular weight excluding hydrogens is 354 g/mol. The Kier molecular flexibility index (Phi) is 5.44. The Morgan fingerprint density at radius 2 is 1.81 bits per heavy atom. The van der Waals surface area contributed by atoms with Gasteiger partial charge in [-0.1, -0.05) is 12.1 Å². The third-order valence-corrected chi connectivity index (χ3v) is 3.50. The first-order chi connectivity index (χ1) is 12.1. The zero-order valence-corrected chi connectivity index (χ0v) is 13.4. The minimum absolute atomic E-state index is 0.129. The molecule has 0 aliphatic heterocycles. The van der Waals surface area contributed by atoms with Crippen LogP contribution in [0.4, 0.5) is 23.2 Å². The average Bonchev–Trinajstić information content (AvgIpc) is 2.58. The van der Waals surface area contributed by atoms with Crippen molar-refractivity contribution in [2.24, 2.45) is 0 Å². The van der Waals surface area contributed by atoms with E-state index >= 15 is 0 Å². The van der Waals surface area contributed by atoms with Crippen molar-refractivity contribution in [2.75, 3.05) is 11.9 Å². The molecule has 136 valence electrons. The van der Waals surface area contributed by atoms with Gasteiger partial charge in [-0.3, -0.25) is 4.79 Å². The SMILES string of the molecule is CN(C(=O)c1cccc(/C=C/C(=O)O)c1)c1ccc(F)c(C(F)(F)F)c1. The second-order valence-electron chi connectivity index (χ2n) is 5.32. The first-order valence-electron chi connectivity index (χ1n) is 7.25. The van der Waals surface area contributed by atoms with E-state index in [9.17, 15) is 27.2 Å². The molecule has 0 saturated heterocycles. The minimum Gasteiger partial charge on any atom is -0.478 e. The van der Waals surface area contributed by atoms with Gasteiger partial charge in [0.2, 0.25) is 0 Å². The van der Waals surface area contributed by atoms with Crippen LogP contribution in [0.2, 0.25) is 0 Å². The Morgan fingerprint density at radius 1 is 1.12 bits per heavy atom. The molecule has 0 unspecified atom stereocenters. The van der Waals surface area contributed by atoms with Crippen LogP contribution < -0.4 is 4.90 Å². The molecule has 2 rings (SSSR count). The van der Waals surface area contributed by atoms with Crippen LogP contribution in [0, 0.1) is 5.82 Å². The summed E-state index contributed by atoms with van der Waals surface area (Å²) >= 11 is 0. The van der Waals surface area contributed by atoms with Gasteiger partial charge >= 0.3 is 12.1 Å². The summed E-state index contributed by atoms with van der Waals surface area (Å²) in [5.74, 6) is -3.22. The van der Waals surface area contributed by atoms with Crippen LogP contribution in [0.1, 0.15) is 21.5 Å². The molecule has 2 aromatic carbocycles. The molecule has 2 aromatic rings. The largest absolute Gasteiger partial charge is 0.478 e. The van der Waals surface area contributed by atoms with Gasteiger partial charge in [0.05, 0.1) is 5.56 Å². The fourth-order valence-corrected chi connectivity index (χ4v) is 2.19. The normalized spacial score (nSPS) is 11.6. The molecule has 4 nitrogen and oxygen atoms in total. The summed E-state index contributed by atoms with van der Waals surface area (Å²) in [4.78, 5) is 24.0. The highest BCUT2D eigenvalue weighted by Crippen LogP contribution is 2.34. The number of carbonyl (C=O) groups excluding carboxylic acids is 1. The number of carboxylic acids is 1. The molecule has 0 fully saturated rings. The number of anilines is 1. The number of alkyl halides is 3. The van der Waals surface area contributed by atoms with Crippen LogP contribution in [0.5, 0.6) is 0 Å². The third-order valence-electron chi connectivity index (χ3n) is 3.50. The lowest BCUT2D eigenvalue weighted by molar-refractivity contribution is -0.140. The summed E-state index contributed by atoms with van der Waals surface area (Å²) in [5, 5.41) is 8.62. The van der Waals surface area contributed by atoms with Crippen LogP contribution in [-0.4, -0.2) is 24.0 Å². The fourth-order valence-electron chi connectivity index (χ4n) is 2.19. The maximum Gasteiger partial charge on any atom is 0.419 e. The fraction of sp³-hybridized carbons (Fsp3) is 0.111. The number of nitrogens with zero attached hydrogens (tertiary/aromatic N) is 1. The molecule has 1 N–H and O–H groups in total. The molecule has 0 aromatic heterocycles. The van der Waals surface area contributed by atoms with E-state index in [1.807, 2.05) is 0 Å². The van der Waals surface area contributed by atoms with E-state index in [0.717, 1.165) is 17.0 Å². The summed E-state index contributed by atoms with van der Waals surface area (Å²) in [6.45, 7) is 0. The number of hydrogen-bond donors (Lipinski definition) is 1. The zero-order chi connectivity index (χ0) is 19.5. The molecular formula is C18H13F4NO3. The van der Waals surface area contributed by atoms with Gasteiger partial charge in [-0.05, 0) is 42.0 Å². The number of amides is 1. The lowest BCUT2D eigenvalue weighted by Gasteiger charge is -2.19. The Morgan fingerprint density at radius 3 is 2.42 bits per heavy atom. The number of carbonyl (C=O) groups is 2. The van der Waals surface area contributed by atoms with Crippen LogP contribution in [0.25, 0.3) is 6.08 Å². The molecule has 0 atom stereocenters. The molecule has 1 amide bonds. The van der Waals surface area contributed by atoms with E-state index in [-0.39, 0.29) is 11.3 Å².